The molecule has 0 aliphatic rings. The van der Waals surface area contributed by atoms with E-state index in [0.29, 0.717) is 0 Å². The summed E-state index contributed by atoms with van der Waals surface area (Å²) in [5.74, 6) is 0. The first-order valence-corrected chi connectivity index (χ1v) is 5.62. The highest BCUT2D eigenvalue weighted by molar-refractivity contribution is 8.00. The molecular weight excluding hydrogens is 188 g/mol. The molecule has 0 saturated heterocycles. The fourth-order valence-corrected chi connectivity index (χ4v) is 2.40. The first-order valence-electron chi connectivity index (χ1n) is 3.58. The minimum Gasteiger partial charge on any atom is -0.233 e. The Morgan fingerprint density at radius 2 is 2.17 bits per heavy atom. The lowest BCUT2D eigenvalue weighted by atomic mass is 10.4. The summed E-state index contributed by atoms with van der Waals surface area (Å²) in [4.78, 5) is 8.69. The number of nitrogens with zero attached hydrogens (tertiary/aromatic N) is 2. The van der Waals surface area contributed by atoms with Crippen molar-refractivity contribution in [1.82, 2.24) is 9.97 Å². The van der Waals surface area contributed by atoms with Gasteiger partial charge in [0.05, 0.1) is 4.70 Å². The monoisotopic (exact) mass is 196 g/mol. The Hall–Kier alpha value is -0.610. The van der Waals surface area contributed by atoms with Crippen LogP contribution in [0.5, 0.6) is 0 Å². The van der Waals surface area contributed by atoms with Gasteiger partial charge in [-0.05, 0) is 25.3 Å². The van der Waals surface area contributed by atoms with E-state index >= 15 is 0 Å². The zero-order chi connectivity index (χ0) is 8.55. The number of aryl methyl sites for hydroxylation is 1. The third-order valence-electron chi connectivity index (χ3n) is 1.55. The van der Waals surface area contributed by atoms with Crippen molar-refractivity contribution in [1.29, 1.82) is 0 Å². The van der Waals surface area contributed by atoms with Gasteiger partial charge < -0.3 is 0 Å². The van der Waals surface area contributed by atoms with E-state index in [1.54, 1.807) is 23.1 Å². The zero-order valence-electron chi connectivity index (χ0n) is 6.87. The van der Waals surface area contributed by atoms with E-state index in [9.17, 15) is 0 Å². The van der Waals surface area contributed by atoms with E-state index < -0.39 is 0 Å². The molecule has 0 amide bonds. The molecule has 0 saturated carbocycles. The van der Waals surface area contributed by atoms with Crippen LogP contribution >= 0.6 is 23.1 Å². The molecule has 0 N–H and O–H groups in total. The Bertz CT molecular complexity index is 408. The second-order valence-electron chi connectivity index (χ2n) is 2.46. The van der Waals surface area contributed by atoms with Gasteiger partial charge in [0.25, 0.3) is 0 Å². The predicted octanol–water partition coefficient (Wildman–Crippen LogP) is 2.72. The normalized spacial score (nSPS) is 10.8. The van der Waals surface area contributed by atoms with Crippen LogP contribution in [-0.2, 0) is 0 Å². The maximum Gasteiger partial charge on any atom is 0.171 e. The molecule has 0 radical (unpaired) electrons. The van der Waals surface area contributed by atoms with E-state index in [1.807, 2.05) is 19.2 Å². The van der Waals surface area contributed by atoms with Crippen molar-refractivity contribution in [2.75, 3.05) is 6.26 Å². The van der Waals surface area contributed by atoms with Crippen LogP contribution in [0.25, 0.3) is 10.3 Å². The number of hydrogen-bond donors (Lipinski definition) is 0. The van der Waals surface area contributed by atoms with E-state index in [1.165, 1.54) is 4.70 Å². The molecule has 0 aliphatic carbocycles. The molecule has 2 nitrogen and oxygen atoms in total. The van der Waals surface area contributed by atoms with Crippen LogP contribution in [0.3, 0.4) is 0 Å². The second-order valence-corrected chi connectivity index (χ2v) is 4.54. The lowest BCUT2D eigenvalue weighted by Gasteiger charge is -1.87. The summed E-state index contributed by atoms with van der Waals surface area (Å²) in [6.45, 7) is 1.98. The van der Waals surface area contributed by atoms with Crippen molar-refractivity contribution in [3.8, 4) is 0 Å². The third kappa shape index (κ3) is 1.32. The van der Waals surface area contributed by atoms with Crippen molar-refractivity contribution in [3.05, 3.63) is 17.8 Å². The number of pyridine rings is 1. The van der Waals surface area contributed by atoms with Gasteiger partial charge >= 0.3 is 0 Å². The number of hydrogen-bond acceptors (Lipinski definition) is 4. The quantitative estimate of drug-likeness (QED) is 0.656. The molecule has 0 aromatic carbocycles. The standard InChI is InChI=1S/C8H8N2S2/c1-5-3-4-6-7(9-5)10-8(11-2)12-6/h3-4H,1-2H3. The van der Waals surface area contributed by atoms with Crippen molar-refractivity contribution in [2.45, 2.75) is 11.3 Å². The Kier molecular flexibility index (Phi) is 2.02. The SMILES string of the molecule is CSc1nc2nc(C)ccc2s1. The van der Waals surface area contributed by atoms with Gasteiger partial charge in [0.1, 0.15) is 0 Å². The van der Waals surface area contributed by atoms with Crippen LogP contribution < -0.4 is 0 Å². The fourth-order valence-electron chi connectivity index (χ4n) is 0.981. The van der Waals surface area contributed by atoms with Crippen LogP contribution in [0.1, 0.15) is 5.69 Å². The highest BCUT2D eigenvalue weighted by Gasteiger charge is 2.02. The predicted molar refractivity (Wildman–Crippen MR) is 53.9 cm³/mol. The van der Waals surface area contributed by atoms with Gasteiger partial charge in [0.15, 0.2) is 9.99 Å². The summed E-state index contributed by atoms with van der Waals surface area (Å²) in [5, 5.41) is 0. The van der Waals surface area contributed by atoms with Crippen LogP contribution in [0.2, 0.25) is 0 Å². The fraction of sp³-hybridized carbons (Fsp3) is 0.250. The molecular formula is C8H8N2S2. The molecule has 0 fully saturated rings. The number of aromatic nitrogens is 2. The lowest BCUT2D eigenvalue weighted by molar-refractivity contribution is 1.18. The van der Waals surface area contributed by atoms with Gasteiger partial charge in [-0.2, -0.15) is 0 Å². The van der Waals surface area contributed by atoms with Gasteiger partial charge in [0, 0.05) is 5.69 Å². The molecule has 2 aromatic heterocycles. The minimum atomic E-state index is 0.879. The first kappa shape index (κ1) is 8.01. The van der Waals surface area contributed by atoms with Crippen molar-refractivity contribution in [2.24, 2.45) is 0 Å². The van der Waals surface area contributed by atoms with Crippen LogP contribution in [-0.4, -0.2) is 16.2 Å². The van der Waals surface area contributed by atoms with E-state index in [0.717, 1.165) is 15.7 Å². The molecule has 0 aliphatic heterocycles. The summed E-state index contributed by atoms with van der Waals surface area (Å²) in [6, 6.07) is 4.10. The zero-order valence-corrected chi connectivity index (χ0v) is 8.50. The molecule has 0 bridgehead atoms. The van der Waals surface area contributed by atoms with Gasteiger partial charge in [0.2, 0.25) is 0 Å². The topological polar surface area (TPSA) is 25.8 Å². The number of rotatable bonds is 1. The number of thioether (sulfide) groups is 1. The highest BCUT2D eigenvalue weighted by atomic mass is 32.2. The Balaban J connectivity index is 2.67. The molecule has 0 unspecified atom stereocenters. The lowest BCUT2D eigenvalue weighted by Crippen LogP contribution is -1.79. The van der Waals surface area contributed by atoms with E-state index in [-0.39, 0.29) is 0 Å². The molecule has 0 atom stereocenters. The van der Waals surface area contributed by atoms with Gasteiger partial charge in [-0.25, -0.2) is 9.97 Å². The molecule has 12 heavy (non-hydrogen) atoms. The maximum absolute atomic E-state index is 4.36. The smallest absolute Gasteiger partial charge is 0.171 e. The molecule has 0 spiro atoms. The minimum absolute atomic E-state index is 0.879. The second kappa shape index (κ2) is 3.03. The summed E-state index contributed by atoms with van der Waals surface area (Å²) < 4.78 is 2.26. The summed E-state index contributed by atoms with van der Waals surface area (Å²) >= 11 is 3.36. The Labute approximate surface area is 79.0 Å². The third-order valence-corrected chi connectivity index (χ3v) is 3.54. The maximum atomic E-state index is 4.36. The largest absolute Gasteiger partial charge is 0.233 e. The highest BCUT2D eigenvalue weighted by Crippen LogP contribution is 2.26. The molecule has 4 heteroatoms. The first-order chi connectivity index (χ1) is 5.79. The van der Waals surface area contributed by atoms with Gasteiger partial charge in [-0.1, -0.05) is 11.8 Å². The van der Waals surface area contributed by atoms with Crippen LogP contribution in [0, 0.1) is 6.92 Å². The summed E-state index contributed by atoms with van der Waals surface area (Å²) in [7, 11) is 0. The van der Waals surface area contributed by atoms with Crippen molar-refractivity contribution >= 4 is 33.4 Å². The number of fused-ring (bicyclic) bond motifs is 1. The van der Waals surface area contributed by atoms with Gasteiger partial charge in [-0.15, -0.1) is 11.3 Å². The van der Waals surface area contributed by atoms with Crippen LogP contribution in [0.4, 0.5) is 0 Å². The average Bonchev–Trinajstić information content (AvgIpc) is 2.46. The van der Waals surface area contributed by atoms with E-state index in [4.69, 9.17) is 0 Å². The van der Waals surface area contributed by atoms with Crippen LogP contribution in [0.15, 0.2) is 16.5 Å². The average molecular weight is 196 g/mol. The molecule has 2 heterocycles. The van der Waals surface area contributed by atoms with E-state index in [2.05, 4.69) is 16.0 Å². The molecule has 62 valence electrons. The molecule has 2 rings (SSSR count). The van der Waals surface area contributed by atoms with Gasteiger partial charge in [-0.3, -0.25) is 0 Å². The van der Waals surface area contributed by atoms with Crippen molar-refractivity contribution in [3.63, 3.8) is 0 Å². The van der Waals surface area contributed by atoms with Crippen molar-refractivity contribution < 1.29 is 0 Å². The summed E-state index contributed by atoms with van der Waals surface area (Å²) in [5.41, 5.74) is 1.91. The number of thiazole rings is 1. The Morgan fingerprint density at radius 3 is 2.92 bits per heavy atom. The summed E-state index contributed by atoms with van der Waals surface area (Å²) in [6.07, 6.45) is 2.03. The molecule has 2 aromatic rings. The Morgan fingerprint density at radius 1 is 1.33 bits per heavy atom.